The van der Waals surface area contributed by atoms with Crippen LogP contribution in [0.3, 0.4) is 0 Å². The molecular weight excluding hydrogens is 204 g/mol. The van der Waals surface area contributed by atoms with E-state index in [2.05, 4.69) is 13.8 Å². The van der Waals surface area contributed by atoms with Gasteiger partial charge in [-0.3, -0.25) is 0 Å². The predicted octanol–water partition coefficient (Wildman–Crippen LogP) is 2.37. The van der Waals surface area contributed by atoms with E-state index >= 15 is 0 Å². The van der Waals surface area contributed by atoms with E-state index in [1.54, 1.807) is 0 Å². The van der Waals surface area contributed by atoms with Gasteiger partial charge in [0.15, 0.2) is 0 Å². The quantitative estimate of drug-likeness (QED) is 0.695. The highest BCUT2D eigenvalue weighted by atomic mass is 16.6. The van der Waals surface area contributed by atoms with Crippen molar-refractivity contribution >= 4 is 0 Å². The van der Waals surface area contributed by atoms with Crippen LogP contribution in [0.5, 0.6) is 0 Å². The van der Waals surface area contributed by atoms with Crippen LogP contribution in [0.4, 0.5) is 0 Å². The second-order valence-electron chi connectivity index (χ2n) is 4.75. The van der Waals surface area contributed by atoms with Crippen molar-refractivity contribution in [2.24, 2.45) is 5.92 Å². The second kappa shape index (κ2) is 8.04. The first-order chi connectivity index (χ1) is 7.80. The van der Waals surface area contributed by atoms with Crippen LogP contribution in [0.15, 0.2) is 0 Å². The molecule has 3 atom stereocenters. The second-order valence-corrected chi connectivity index (χ2v) is 4.75. The molecule has 1 aliphatic rings. The zero-order chi connectivity index (χ0) is 11.8. The Morgan fingerprint density at radius 2 is 2.25 bits per heavy atom. The summed E-state index contributed by atoms with van der Waals surface area (Å²) in [6.07, 6.45) is 6.06. The summed E-state index contributed by atoms with van der Waals surface area (Å²) >= 11 is 0. The van der Waals surface area contributed by atoms with Crippen molar-refractivity contribution < 1.29 is 14.6 Å². The number of aliphatic hydroxyl groups is 1. The summed E-state index contributed by atoms with van der Waals surface area (Å²) in [6, 6.07) is 0. The van der Waals surface area contributed by atoms with E-state index in [1.807, 2.05) is 0 Å². The molecule has 0 aromatic rings. The SMILES string of the molecule is CCCCC(CC)COC1COC(CO)C1. The number of hydrogen-bond acceptors (Lipinski definition) is 3. The van der Waals surface area contributed by atoms with Crippen LogP contribution >= 0.6 is 0 Å². The summed E-state index contributed by atoms with van der Waals surface area (Å²) in [7, 11) is 0. The van der Waals surface area contributed by atoms with Gasteiger partial charge in [-0.2, -0.15) is 0 Å². The summed E-state index contributed by atoms with van der Waals surface area (Å²) in [4.78, 5) is 0. The van der Waals surface area contributed by atoms with Gasteiger partial charge in [0.1, 0.15) is 0 Å². The Labute approximate surface area is 99.1 Å². The predicted molar refractivity (Wildman–Crippen MR) is 64.5 cm³/mol. The molecule has 0 radical (unpaired) electrons. The number of ether oxygens (including phenoxy) is 2. The Hall–Kier alpha value is -0.120. The van der Waals surface area contributed by atoms with Crippen molar-refractivity contribution in [3.8, 4) is 0 Å². The molecule has 3 heteroatoms. The molecular formula is C13H26O3. The molecule has 96 valence electrons. The molecule has 3 nitrogen and oxygen atoms in total. The fourth-order valence-corrected chi connectivity index (χ4v) is 2.09. The van der Waals surface area contributed by atoms with Gasteiger partial charge in [-0.05, 0) is 12.3 Å². The minimum atomic E-state index is 0.000665. The molecule has 0 aliphatic carbocycles. The fourth-order valence-electron chi connectivity index (χ4n) is 2.09. The van der Waals surface area contributed by atoms with E-state index in [1.165, 1.54) is 25.7 Å². The largest absolute Gasteiger partial charge is 0.394 e. The number of hydrogen-bond donors (Lipinski definition) is 1. The third-order valence-electron chi connectivity index (χ3n) is 3.36. The van der Waals surface area contributed by atoms with E-state index in [0.29, 0.717) is 12.5 Å². The van der Waals surface area contributed by atoms with Crippen molar-refractivity contribution in [3.05, 3.63) is 0 Å². The first-order valence-electron chi connectivity index (χ1n) is 6.64. The molecule has 1 aliphatic heterocycles. The standard InChI is InChI=1S/C13H26O3/c1-3-5-6-11(4-2)9-15-13-7-12(8-14)16-10-13/h11-14H,3-10H2,1-2H3. The average Bonchev–Trinajstić information content (AvgIpc) is 2.77. The zero-order valence-corrected chi connectivity index (χ0v) is 10.7. The molecule has 16 heavy (non-hydrogen) atoms. The van der Waals surface area contributed by atoms with E-state index < -0.39 is 0 Å². The average molecular weight is 230 g/mol. The maximum atomic E-state index is 8.94. The lowest BCUT2D eigenvalue weighted by Crippen LogP contribution is -2.19. The van der Waals surface area contributed by atoms with Crippen molar-refractivity contribution in [2.45, 2.75) is 58.2 Å². The number of aliphatic hydroxyl groups excluding tert-OH is 1. The van der Waals surface area contributed by atoms with E-state index in [4.69, 9.17) is 14.6 Å². The Morgan fingerprint density at radius 1 is 1.44 bits per heavy atom. The van der Waals surface area contributed by atoms with Crippen molar-refractivity contribution in [1.29, 1.82) is 0 Å². The zero-order valence-electron chi connectivity index (χ0n) is 10.7. The Balaban J connectivity index is 2.12. The fraction of sp³-hybridized carbons (Fsp3) is 1.00. The van der Waals surface area contributed by atoms with Crippen LogP contribution in [0.1, 0.15) is 46.0 Å². The molecule has 0 spiro atoms. The summed E-state index contributed by atoms with van der Waals surface area (Å²) in [6.45, 7) is 6.07. The number of rotatable bonds is 8. The lowest BCUT2D eigenvalue weighted by molar-refractivity contribution is 0.0128. The summed E-state index contributed by atoms with van der Waals surface area (Å²) in [5.41, 5.74) is 0. The summed E-state index contributed by atoms with van der Waals surface area (Å²) in [5, 5.41) is 8.94. The minimum absolute atomic E-state index is 0.000665. The maximum Gasteiger partial charge on any atom is 0.0834 e. The third-order valence-corrected chi connectivity index (χ3v) is 3.36. The van der Waals surface area contributed by atoms with Crippen molar-refractivity contribution in [1.82, 2.24) is 0 Å². The van der Waals surface area contributed by atoms with Gasteiger partial charge in [0, 0.05) is 13.0 Å². The monoisotopic (exact) mass is 230 g/mol. The summed E-state index contributed by atoms with van der Waals surface area (Å²) in [5.74, 6) is 0.688. The Bertz CT molecular complexity index is 171. The van der Waals surface area contributed by atoms with Crippen LogP contribution in [0.25, 0.3) is 0 Å². The van der Waals surface area contributed by atoms with Gasteiger partial charge in [-0.15, -0.1) is 0 Å². The molecule has 1 N–H and O–H groups in total. The molecule has 0 amide bonds. The molecule has 1 saturated heterocycles. The third kappa shape index (κ3) is 4.81. The van der Waals surface area contributed by atoms with Gasteiger partial charge in [0.25, 0.3) is 0 Å². The van der Waals surface area contributed by atoms with Gasteiger partial charge >= 0.3 is 0 Å². The molecule has 0 aromatic heterocycles. The summed E-state index contributed by atoms with van der Waals surface area (Å²) < 4.78 is 11.2. The van der Waals surface area contributed by atoms with E-state index in [9.17, 15) is 0 Å². The van der Waals surface area contributed by atoms with Gasteiger partial charge in [0.2, 0.25) is 0 Å². The molecule has 0 bridgehead atoms. The lowest BCUT2D eigenvalue weighted by atomic mass is 10.0. The minimum Gasteiger partial charge on any atom is -0.394 e. The maximum absolute atomic E-state index is 8.94. The highest BCUT2D eigenvalue weighted by Crippen LogP contribution is 2.19. The van der Waals surface area contributed by atoms with Crippen LogP contribution in [0, 0.1) is 5.92 Å². The molecule has 3 unspecified atom stereocenters. The Morgan fingerprint density at radius 3 is 2.81 bits per heavy atom. The van der Waals surface area contributed by atoms with Gasteiger partial charge < -0.3 is 14.6 Å². The lowest BCUT2D eigenvalue weighted by Gasteiger charge is -2.17. The smallest absolute Gasteiger partial charge is 0.0834 e. The molecule has 1 rings (SSSR count). The first-order valence-corrected chi connectivity index (χ1v) is 6.64. The van der Waals surface area contributed by atoms with Crippen molar-refractivity contribution in [3.63, 3.8) is 0 Å². The molecule has 0 saturated carbocycles. The number of unbranched alkanes of at least 4 members (excludes halogenated alkanes) is 1. The van der Waals surface area contributed by atoms with Gasteiger partial charge in [-0.25, -0.2) is 0 Å². The highest BCUT2D eigenvalue weighted by Gasteiger charge is 2.25. The highest BCUT2D eigenvalue weighted by molar-refractivity contribution is 4.73. The topological polar surface area (TPSA) is 38.7 Å². The Kier molecular flexibility index (Phi) is 7.01. The van der Waals surface area contributed by atoms with Crippen LogP contribution in [0.2, 0.25) is 0 Å². The normalized spacial score (nSPS) is 27.2. The molecule has 1 heterocycles. The molecule has 0 aromatic carbocycles. The van der Waals surface area contributed by atoms with Gasteiger partial charge in [0.05, 0.1) is 25.4 Å². The van der Waals surface area contributed by atoms with Gasteiger partial charge in [-0.1, -0.05) is 33.1 Å². The van der Waals surface area contributed by atoms with Crippen LogP contribution < -0.4 is 0 Å². The first kappa shape index (κ1) is 13.9. The van der Waals surface area contributed by atoms with Crippen LogP contribution in [-0.4, -0.2) is 37.1 Å². The van der Waals surface area contributed by atoms with E-state index in [-0.39, 0.29) is 18.8 Å². The van der Waals surface area contributed by atoms with Crippen molar-refractivity contribution in [2.75, 3.05) is 19.8 Å². The molecule has 1 fully saturated rings. The van der Waals surface area contributed by atoms with Crippen LogP contribution in [-0.2, 0) is 9.47 Å². The van der Waals surface area contributed by atoms with E-state index in [0.717, 1.165) is 13.0 Å².